The van der Waals surface area contributed by atoms with E-state index in [2.05, 4.69) is 57.8 Å². The summed E-state index contributed by atoms with van der Waals surface area (Å²) in [6.07, 6.45) is 0. The van der Waals surface area contributed by atoms with Gasteiger partial charge in [0.15, 0.2) is 10.9 Å². The summed E-state index contributed by atoms with van der Waals surface area (Å²) in [5, 5.41) is 19.4. The average molecular weight is 582 g/mol. The summed E-state index contributed by atoms with van der Waals surface area (Å²) in [6, 6.07) is 11.0. The number of ether oxygens (including phenoxy) is 1. The van der Waals surface area contributed by atoms with Gasteiger partial charge in [-0.2, -0.15) is 9.61 Å². The second-order valence-corrected chi connectivity index (χ2v) is 9.41. The van der Waals surface area contributed by atoms with Crippen molar-refractivity contribution in [3.8, 4) is 16.3 Å². The highest BCUT2D eigenvalue weighted by Gasteiger charge is 2.19. The summed E-state index contributed by atoms with van der Waals surface area (Å²) < 4.78 is 8.42. The number of carbonyl (C=O) groups excluding carboxylic acids is 1. The molecule has 2 N–H and O–H groups in total. The molecule has 0 spiro atoms. The first kappa shape index (κ1) is 21.8. The molecule has 0 radical (unpaired) electrons. The first-order valence-corrected chi connectivity index (χ1v) is 11.6. The fourth-order valence-electron chi connectivity index (χ4n) is 2.86. The highest BCUT2D eigenvalue weighted by molar-refractivity contribution is 9.11. The van der Waals surface area contributed by atoms with Crippen molar-refractivity contribution in [3.63, 3.8) is 0 Å². The van der Waals surface area contributed by atoms with Crippen LogP contribution in [-0.4, -0.2) is 37.9 Å². The number of nitrogens with one attached hydrogen (secondary N) is 2. The molecule has 2 aromatic carbocycles. The number of amides is 1. The number of anilines is 1. The van der Waals surface area contributed by atoms with Gasteiger partial charge in [-0.05, 0) is 59.3 Å². The predicted octanol–water partition coefficient (Wildman–Crippen LogP) is 4.82. The molecule has 0 fully saturated rings. The second-order valence-electron chi connectivity index (χ2n) is 6.27. The summed E-state index contributed by atoms with van der Waals surface area (Å²) in [6.45, 7) is 1.84. The topological polar surface area (TPSA) is 93.4 Å². The van der Waals surface area contributed by atoms with E-state index in [0.717, 1.165) is 15.0 Å². The van der Waals surface area contributed by atoms with Crippen LogP contribution in [0.4, 0.5) is 5.69 Å². The number of methoxy groups -OCH3 is 1. The molecule has 0 bridgehead atoms. The van der Waals surface area contributed by atoms with Crippen molar-refractivity contribution in [1.82, 2.24) is 25.1 Å². The van der Waals surface area contributed by atoms with Crippen LogP contribution < -0.4 is 15.4 Å². The first-order chi connectivity index (χ1) is 14.9. The third kappa shape index (κ3) is 4.47. The van der Waals surface area contributed by atoms with Crippen LogP contribution in [0.3, 0.4) is 0 Å². The molecule has 0 saturated heterocycles. The minimum atomic E-state index is -0.400. The number of aromatic nitrogens is 4. The van der Waals surface area contributed by atoms with E-state index in [1.54, 1.807) is 16.6 Å². The highest BCUT2D eigenvalue weighted by atomic mass is 79.9. The molecule has 0 unspecified atom stereocenters. The zero-order valence-corrected chi connectivity index (χ0v) is 20.9. The lowest BCUT2D eigenvalue weighted by atomic mass is 10.2. The number of hydrogen-bond acceptors (Lipinski definition) is 7. The van der Waals surface area contributed by atoms with E-state index in [9.17, 15) is 4.79 Å². The molecule has 31 heavy (non-hydrogen) atoms. The molecule has 0 aliphatic heterocycles. The third-order valence-corrected chi connectivity index (χ3v) is 6.42. The predicted molar refractivity (Wildman–Crippen MR) is 131 cm³/mol. The Morgan fingerprint density at radius 3 is 2.74 bits per heavy atom. The molecular weight excluding hydrogens is 568 g/mol. The molecule has 8 nitrogen and oxygen atoms in total. The van der Waals surface area contributed by atoms with Gasteiger partial charge in [-0.15, -0.1) is 10.2 Å². The van der Waals surface area contributed by atoms with Crippen molar-refractivity contribution >= 4 is 77.1 Å². The van der Waals surface area contributed by atoms with E-state index in [0.29, 0.717) is 32.3 Å². The van der Waals surface area contributed by atoms with Crippen LogP contribution in [0.1, 0.15) is 16.2 Å². The molecule has 12 heteroatoms. The van der Waals surface area contributed by atoms with Gasteiger partial charge in [-0.1, -0.05) is 39.4 Å². The Morgan fingerprint density at radius 2 is 2.00 bits per heavy atom. The molecule has 158 valence electrons. The normalized spacial score (nSPS) is 10.8. The minimum absolute atomic E-state index is 0.148. The van der Waals surface area contributed by atoms with Crippen LogP contribution in [0.15, 0.2) is 45.3 Å². The number of carbonyl (C=O) groups is 1. The Kier molecular flexibility index (Phi) is 6.32. The van der Waals surface area contributed by atoms with E-state index in [1.165, 1.54) is 18.4 Å². The average Bonchev–Trinajstić information content (AvgIpc) is 3.30. The number of halogens is 2. The van der Waals surface area contributed by atoms with Crippen molar-refractivity contribution in [3.05, 3.63) is 56.7 Å². The second kappa shape index (κ2) is 8.99. The molecule has 0 atom stereocenters. The van der Waals surface area contributed by atoms with Crippen LogP contribution in [0.2, 0.25) is 0 Å². The maximum absolute atomic E-state index is 12.8. The summed E-state index contributed by atoms with van der Waals surface area (Å²) >= 11 is 13.6. The van der Waals surface area contributed by atoms with Crippen LogP contribution >= 0.6 is 55.4 Å². The Labute approximate surface area is 203 Å². The Bertz CT molecular complexity index is 1320. The molecule has 0 aliphatic rings. The lowest BCUT2D eigenvalue weighted by Gasteiger charge is -2.14. The SMILES string of the molecule is COc1c(Br)cc(Br)cc1C(=O)NC(=S)Nc1ccccc1-c1nn2c(C)nnc2s1. The molecular formula is C19H14Br2N6O2S2. The fraction of sp³-hybridized carbons (Fsp3) is 0.105. The lowest BCUT2D eigenvalue weighted by Crippen LogP contribution is -2.34. The van der Waals surface area contributed by atoms with E-state index in [-0.39, 0.29) is 5.11 Å². The maximum atomic E-state index is 12.8. The molecule has 4 aromatic rings. The largest absolute Gasteiger partial charge is 0.495 e. The maximum Gasteiger partial charge on any atom is 0.261 e. The molecule has 2 heterocycles. The lowest BCUT2D eigenvalue weighted by molar-refractivity contribution is 0.0974. The summed E-state index contributed by atoms with van der Waals surface area (Å²) in [7, 11) is 1.50. The molecule has 1 amide bonds. The number of para-hydroxylation sites is 1. The molecule has 4 rings (SSSR count). The highest BCUT2D eigenvalue weighted by Crippen LogP contribution is 2.33. The van der Waals surface area contributed by atoms with Gasteiger partial charge in [0, 0.05) is 10.0 Å². The number of nitrogens with zero attached hydrogens (tertiary/aromatic N) is 4. The zero-order valence-electron chi connectivity index (χ0n) is 16.1. The molecule has 2 aromatic heterocycles. The summed E-state index contributed by atoms with van der Waals surface area (Å²) in [5.74, 6) is 0.724. The van der Waals surface area contributed by atoms with E-state index < -0.39 is 5.91 Å². The standard InChI is InChI=1S/C19H14Br2N6O2S2/c1-9-24-25-19-27(9)26-17(31-19)11-5-3-4-6-14(11)22-18(30)23-16(28)12-7-10(20)8-13(21)15(12)29-2/h3-8H,1-2H3,(H2,22,23,28,30). The number of rotatable bonds is 4. The number of thiocarbonyl (C=S) groups is 1. The van der Waals surface area contributed by atoms with Crippen molar-refractivity contribution in [1.29, 1.82) is 0 Å². The van der Waals surface area contributed by atoms with Gasteiger partial charge in [0.2, 0.25) is 4.96 Å². The van der Waals surface area contributed by atoms with Crippen LogP contribution in [0.5, 0.6) is 5.75 Å². The van der Waals surface area contributed by atoms with Crippen LogP contribution in [-0.2, 0) is 0 Å². The zero-order chi connectivity index (χ0) is 22.1. The Hall–Kier alpha value is -2.41. The number of aryl methyl sites for hydroxylation is 1. The smallest absolute Gasteiger partial charge is 0.261 e. The van der Waals surface area contributed by atoms with Gasteiger partial charge in [0.05, 0.1) is 22.8 Å². The van der Waals surface area contributed by atoms with E-state index in [4.69, 9.17) is 17.0 Å². The van der Waals surface area contributed by atoms with E-state index in [1.807, 2.05) is 31.2 Å². The van der Waals surface area contributed by atoms with Crippen molar-refractivity contribution in [2.75, 3.05) is 12.4 Å². The fourth-order valence-corrected chi connectivity index (χ4v) is 5.38. The third-order valence-electron chi connectivity index (χ3n) is 4.24. The van der Waals surface area contributed by atoms with Gasteiger partial charge in [-0.25, -0.2) is 0 Å². The van der Waals surface area contributed by atoms with Gasteiger partial charge in [0.1, 0.15) is 10.8 Å². The number of benzene rings is 2. The molecule has 0 saturated carbocycles. The van der Waals surface area contributed by atoms with Crippen molar-refractivity contribution in [2.24, 2.45) is 0 Å². The summed E-state index contributed by atoms with van der Waals surface area (Å²) in [4.78, 5) is 13.5. The van der Waals surface area contributed by atoms with Crippen molar-refractivity contribution < 1.29 is 9.53 Å². The Balaban J connectivity index is 1.57. The van der Waals surface area contributed by atoms with E-state index >= 15 is 0 Å². The Morgan fingerprint density at radius 1 is 1.23 bits per heavy atom. The van der Waals surface area contributed by atoms with Gasteiger partial charge in [0.25, 0.3) is 5.91 Å². The van der Waals surface area contributed by atoms with Crippen LogP contribution in [0, 0.1) is 6.92 Å². The monoisotopic (exact) mass is 580 g/mol. The van der Waals surface area contributed by atoms with Gasteiger partial charge >= 0.3 is 0 Å². The van der Waals surface area contributed by atoms with Gasteiger partial charge in [-0.3, -0.25) is 10.1 Å². The minimum Gasteiger partial charge on any atom is -0.495 e. The van der Waals surface area contributed by atoms with Crippen LogP contribution in [0.25, 0.3) is 15.5 Å². The van der Waals surface area contributed by atoms with Crippen molar-refractivity contribution in [2.45, 2.75) is 6.92 Å². The van der Waals surface area contributed by atoms with Gasteiger partial charge < -0.3 is 10.1 Å². The molecule has 0 aliphatic carbocycles. The quantitative estimate of drug-likeness (QED) is 0.334. The number of hydrogen-bond donors (Lipinski definition) is 2. The first-order valence-electron chi connectivity index (χ1n) is 8.81. The summed E-state index contributed by atoms with van der Waals surface area (Å²) in [5.41, 5.74) is 1.87. The number of fused-ring (bicyclic) bond motifs is 1.